The first-order valence-electron chi connectivity index (χ1n) is 9.99. The van der Waals surface area contributed by atoms with Gasteiger partial charge in [0.05, 0.1) is 5.41 Å². The quantitative estimate of drug-likeness (QED) is 0.418. The molecule has 0 aliphatic carbocycles. The van der Waals surface area contributed by atoms with Gasteiger partial charge in [-0.3, -0.25) is 14.5 Å². The number of urea groups is 1. The molecule has 10 heteroatoms. The molecule has 162 valence electrons. The standard InChI is InChI=1S/C20H25ClN4O5/c1-19(2)17(27)30-15-5-4-13(21)12-14(15)20(19)16(26)25(18(28)22-20)7-3-6-23-8-10-24(29)11-9-23/h4-5,12,29H,3,6-11H2,1-2H3,(H,22,28). The first-order chi connectivity index (χ1) is 14.2. The van der Waals surface area contributed by atoms with Gasteiger partial charge in [-0.15, -0.1) is 0 Å². The molecule has 2 fully saturated rings. The zero-order valence-electron chi connectivity index (χ0n) is 17.0. The molecule has 3 heterocycles. The van der Waals surface area contributed by atoms with Crippen LogP contribution in [-0.4, -0.2) is 77.2 Å². The predicted octanol–water partition coefficient (Wildman–Crippen LogP) is 1.43. The minimum absolute atomic E-state index is 0.223. The number of ether oxygens (including phenoxy) is 1. The van der Waals surface area contributed by atoms with Crippen molar-refractivity contribution in [2.75, 3.05) is 39.3 Å². The summed E-state index contributed by atoms with van der Waals surface area (Å²) in [6.45, 7) is 6.71. The van der Waals surface area contributed by atoms with Crippen molar-refractivity contribution in [2.24, 2.45) is 5.41 Å². The van der Waals surface area contributed by atoms with Crippen molar-refractivity contribution in [3.63, 3.8) is 0 Å². The molecule has 0 radical (unpaired) electrons. The molecule has 1 atom stereocenters. The van der Waals surface area contributed by atoms with Crippen LogP contribution in [0.15, 0.2) is 18.2 Å². The summed E-state index contributed by atoms with van der Waals surface area (Å²) in [4.78, 5) is 42.5. The Balaban J connectivity index is 1.57. The van der Waals surface area contributed by atoms with Crippen LogP contribution < -0.4 is 10.1 Å². The molecule has 1 spiro atoms. The van der Waals surface area contributed by atoms with E-state index in [2.05, 4.69) is 10.2 Å². The number of benzene rings is 1. The minimum atomic E-state index is -1.57. The molecule has 3 aliphatic heterocycles. The molecule has 1 unspecified atom stereocenters. The Morgan fingerprint density at radius 3 is 2.53 bits per heavy atom. The van der Waals surface area contributed by atoms with E-state index in [4.69, 9.17) is 16.3 Å². The fourth-order valence-electron chi connectivity index (χ4n) is 4.40. The molecule has 3 amide bonds. The fraction of sp³-hybridized carbons (Fsp3) is 0.550. The highest BCUT2D eigenvalue weighted by Crippen LogP contribution is 2.51. The number of carbonyl (C=O) groups excluding carboxylic acids is 3. The first-order valence-corrected chi connectivity index (χ1v) is 10.4. The lowest BCUT2D eigenvalue weighted by molar-refractivity contribution is -0.158. The van der Waals surface area contributed by atoms with Crippen LogP contribution >= 0.6 is 11.6 Å². The van der Waals surface area contributed by atoms with Gasteiger partial charge in [-0.05, 0) is 45.0 Å². The summed E-state index contributed by atoms with van der Waals surface area (Å²) in [5.74, 6) is -0.839. The van der Waals surface area contributed by atoms with Crippen LogP contribution in [0.4, 0.5) is 4.79 Å². The lowest BCUT2D eigenvalue weighted by atomic mass is 9.66. The maximum Gasteiger partial charge on any atom is 0.325 e. The van der Waals surface area contributed by atoms with Gasteiger partial charge in [0.25, 0.3) is 5.91 Å². The maximum absolute atomic E-state index is 13.6. The van der Waals surface area contributed by atoms with Crippen molar-refractivity contribution in [3.05, 3.63) is 28.8 Å². The third-order valence-electron chi connectivity index (χ3n) is 6.31. The summed E-state index contributed by atoms with van der Waals surface area (Å²) in [6, 6.07) is 4.15. The van der Waals surface area contributed by atoms with Gasteiger partial charge >= 0.3 is 12.0 Å². The van der Waals surface area contributed by atoms with E-state index in [0.29, 0.717) is 36.6 Å². The SMILES string of the molecule is CC1(C)C(=O)Oc2ccc(Cl)cc2C12NC(=O)N(CCCN1CCN(O)CC1)C2=O. The molecular weight excluding hydrogens is 412 g/mol. The molecule has 1 aromatic carbocycles. The molecule has 2 N–H and O–H groups in total. The Kier molecular flexibility index (Phi) is 5.26. The van der Waals surface area contributed by atoms with Crippen molar-refractivity contribution in [2.45, 2.75) is 25.8 Å². The molecule has 9 nitrogen and oxygen atoms in total. The van der Waals surface area contributed by atoms with Gasteiger partial charge < -0.3 is 20.2 Å². The van der Waals surface area contributed by atoms with Crippen LogP contribution in [-0.2, 0) is 15.1 Å². The van der Waals surface area contributed by atoms with Gasteiger partial charge in [0.2, 0.25) is 0 Å². The number of carbonyl (C=O) groups is 3. The van der Waals surface area contributed by atoms with E-state index in [1.54, 1.807) is 26.0 Å². The van der Waals surface area contributed by atoms with Crippen molar-refractivity contribution < 1.29 is 24.3 Å². The molecule has 1 aromatic rings. The van der Waals surface area contributed by atoms with Crippen molar-refractivity contribution in [1.82, 2.24) is 20.2 Å². The summed E-state index contributed by atoms with van der Waals surface area (Å²) in [5.41, 5.74) is -2.49. The molecule has 4 rings (SSSR count). The van der Waals surface area contributed by atoms with Crippen LogP contribution in [0, 0.1) is 5.41 Å². The Morgan fingerprint density at radius 1 is 1.13 bits per heavy atom. The zero-order valence-corrected chi connectivity index (χ0v) is 17.7. The topological polar surface area (TPSA) is 102 Å². The summed E-state index contributed by atoms with van der Waals surface area (Å²) in [7, 11) is 0. The average Bonchev–Trinajstić information content (AvgIpc) is 2.95. The largest absolute Gasteiger partial charge is 0.426 e. The number of hydrogen-bond donors (Lipinski definition) is 2. The van der Waals surface area contributed by atoms with Crippen molar-refractivity contribution >= 4 is 29.5 Å². The Hall–Kier alpha value is -2.20. The molecule has 0 aromatic heterocycles. The van der Waals surface area contributed by atoms with Crippen LogP contribution in [0.5, 0.6) is 5.75 Å². The van der Waals surface area contributed by atoms with E-state index in [9.17, 15) is 19.6 Å². The van der Waals surface area contributed by atoms with Crippen molar-refractivity contribution in [1.29, 1.82) is 0 Å². The fourth-order valence-corrected chi connectivity index (χ4v) is 4.57. The molecule has 0 saturated carbocycles. The zero-order chi connectivity index (χ0) is 21.7. The molecule has 3 aliphatic rings. The van der Waals surface area contributed by atoms with Crippen LogP contribution in [0.3, 0.4) is 0 Å². The summed E-state index contributed by atoms with van der Waals surface area (Å²) in [6.07, 6.45) is 0.591. The van der Waals surface area contributed by atoms with Gasteiger partial charge in [0.15, 0.2) is 5.54 Å². The average molecular weight is 437 g/mol. The third kappa shape index (κ3) is 3.17. The molecule has 30 heavy (non-hydrogen) atoms. The molecule has 0 bridgehead atoms. The number of hydrogen-bond acceptors (Lipinski definition) is 7. The maximum atomic E-state index is 13.6. The van der Waals surface area contributed by atoms with Crippen LogP contribution in [0.2, 0.25) is 5.02 Å². The van der Waals surface area contributed by atoms with E-state index in [1.807, 2.05) is 0 Å². The first kappa shape index (κ1) is 21.0. The number of nitrogens with zero attached hydrogens (tertiary/aromatic N) is 3. The van der Waals surface area contributed by atoms with E-state index in [-0.39, 0.29) is 12.3 Å². The number of halogens is 1. The van der Waals surface area contributed by atoms with E-state index in [1.165, 1.54) is 16.0 Å². The summed E-state index contributed by atoms with van der Waals surface area (Å²) < 4.78 is 5.43. The molecule has 2 saturated heterocycles. The smallest absolute Gasteiger partial charge is 0.325 e. The minimum Gasteiger partial charge on any atom is -0.426 e. The van der Waals surface area contributed by atoms with Gasteiger partial charge in [0.1, 0.15) is 5.75 Å². The highest BCUT2D eigenvalue weighted by Gasteiger charge is 2.67. The highest BCUT2D eigenvalue weighted by molar-refractivity contribution is 6.30. The Labute approximate surface area is 179 Å². The lowest BCUT2D eigenvalue weighted by Gasteiger charge is -2.44. The number of fused-ring (bicyclic) bond motifs is 2. The second-order valence-corrected chi connectivity index (χ2v) is 8.88. The third-order valence-corrected chi connectivity index (χ3v) is 6.54. The highest BCUT2D eigenvalue weighted by atomic mass is 35.5. The Bertz CT molecular complexity index is 899. The number of amides is 3. The predicted molar refractivity (Wildman–Crippen MR) is 107 cm³/mol. The van der Waals surface area contributed by atoms with Crippen LogP contribution in [0.25, 0.3) is 0 Å². The summed E-state index contributed by atoms with van der Waals surface area (Å²) in [5, 5.41) is 13.9. The normalized spacial score (nSPS) is 26.7. The van der Waals surface area contributed by atoms with Crippen molar-refractivity contribution in [3.8, 4) is 5.75 Å². The van der Waals surface area contributed by atoms with Gasteiger partial charge in [-0.1, -0.05) is 11.6 Å². The van der Waals surface area contributed by atoms with E-state index >= 15 is 0 Å². The second kappa shape index (κ2) is 7.49. The second-order valence-electron chi connectivity index (χ2n) is 8.44. The summed E-state index contributed by atoms with van der Waals surface area (Å²) >= 11 is 6.16. The monoisotopic (exact) mass is 436 g/mol. The number of hydroxylamine groups is 2. The number of esters is 1. The van der Waals surface area contributed by atoms with Gasteiger partial charge in [-0.2, -0.15) is 5.06 Å². The number of nitrogens with one attached hydrogen (secondary N) is 1. The van der Waals surface area contributed by atoms with Crippen LogP contribution in [0.1, 0.15) is 25.8 Å². The van der Waals surface area contributed by atoms with E-state index in [0.717, 1.165) is 13.1 Å². The van der Waals surface area contributed by atoms with Gasteiger partial charge in [0, 0.05) is 43.3 Å². The molecular formula is C20H25ClN4O5. The Morgan fingerprint density at radius 2 is 1.83 bits per heavy atom. The number of piperazine rings is 1. The van der Waals surface area contributed by atoms with E-state index < -0.39 is 28.9 Å². The number of rotatable bonds is 4. The lowest BCUT2D eigenvalue weighted by Crippen LogP contribution is -2.61. The van der Waals surface area contributed by atoms with Gasteiger partial charge in [-0.25, -0.2) is 4.79 Å². The number of imide groups is 1.